The molecule has 2 aromatic carbocycles. The van der Waals surface area contributed by atoms with Crippen LogP contribution in [0.15, 0.2) is 47.6 Å². The fourth-order valence-corrected chi connectivity index (χ4v) is 3.56. The number of nitrogens with zero attached hydrogens (tertiary/aromatic N) is 2. The molecule has 0 saturated carbocycles. The third kappa shape index (κ3) is 4.52. The van der Waals surface area contributed by atoms with Gasteiger partial charge in [-0.25, -0.2) is 9.78 Å². The van der Waals surface area contributed by atoms with Gasteiger partial charge in [-0.2, -0.15) is 5.10 Å². The van der Waals surface area contributed by atoms with Crippen LogP contribution in [0.4, 0.5) is 5.13 Å². The molecule has 3 aromatic rings. The van der Waals surface area contributed by atoms with Crippen LogP contribution in [0.5, 0.6) is 17.2 Å². The van der Waals surface area contributed by atoms with E-state index >= 15 is 0 Å². The number of esters is 1. The van der Waals surface area contributed by atoms with Gasteiger partial charge < -0.3 is 18.9 Å². The molecule has 156 valence electrons. The van der Waals surface area contributed by atoms with Crippen LogP contribution in [0.25, 0.3) is 11.3 Å². The minimum Gasteiger partial charge on any atom is -0.496 e. The summed E-state index contributed by atoms with van der Waals surface area (Å²) in [6, 6.07) is 12.9. The van der Waals surface area contributed by atoms with Crippen LogP contribution < -0.4 is 19.6 Å². The molecule has 0 amide bonds. The van der Waals surface area contributed by atoms with Crippen molar-refractivity contribution >= 4 is 28.7 Å². The summed E-state index contributed by atoms with van der Waals surface area (Å²) in [4.78, 5) is 17.1. The summed E-state index contributed by atoms with van der Waals surface area (Å²) in [5.74, 6) is 1.21. The van der Waals surface area contributed by atoms with Crippen molar-refractivity contribution in [3.63, 3.8) is 0 Å². The number of anilines is 1. The van der Waals surface area contributed by atoms with Crippen LogP contribution in [0.1, 0.15) is 15.2 Å². The number of carbonyl (C=O) groups is 1. The lowest BCUT2D eigenvalue weighted by molar-refractivity contribution is 0.0607. The van der Waals surface area contributed by atoms with Crippen molar-refractivity contribution in [1.82, 2.24) is 4.98 Å². The van der Waals surface area contributed by atoms with Gasteiger partial charge in [-0.05, 0) is 6.07 Å². The van der Waals surface area contributed by atoms with Gasteiger partial charge in [0, 0.05) is 17.2 Å². The maximum absolute atomic E-state index is 12.2. The Hall–Kier alpha value is -3.59. The smallest absolute Gasteiger partial charge is 0.350 e. The Labute approximate surface area is 178 Å². The Kier molecular flexibility index (Phi) is 6.87. The van der Waals surface area contributed by atoms with E-state index < -0.39 is 5.97 Å². The zero-order chi connectivity index (χ0) is 21.5. The number of rotatable bonds is 8. The van der Waals surface area contributed by atoms with Gasteiger partial charge in [-0.15, -0.1) is 0 Å². The summed E-state index contributed by atoms with van der Waals surface area (Å²) in [6.07, 6.45) is 1.57. The Balaban J connectivity index is 1.88. The van der Waals surface area contributed by atoms with E-state index in [1.54, 1.807) is 39.7 Å². The Morgan fingerprint density at radius 2 is 1.67 bits per heavy atom. The molecule has 0 aliphatic carbocycles. The van der Waals surface area contributed by atoms with Crippen molar-refractivity contribution in [1.29, 1.82) is 0 Å². The predicted molar refractivity (Wildman–Crippen MR) is 116 cm³/mol. The van der Waals surface area contributed by atoms with Gasteiger partial charge >= 0.3 is 5.97 Å². The molecule has 0 unspecified atom stereocenters. The summed E-state index contributed by atoms with van der Waals surface area (Å²) < 4.78 is 20.9. The van der Waals surface area contributed by atoms with Crippen molar-refractivity contribution < 1.29 is 23.7 Å². The fraction of sp³-hybridized carbons (Fsp3) is 0.190. The molecule has 1 heterocycles. The van der Waals surface area contributed by atoms with E-state index in [9.17, 15) is 4.79 Å². The first-order valence-electron chi connectivity index (χ1n) is 8.84. The number of methoxy groups -OCH3 is 4. The number of hydrazone groups is 1. The highest BCUT2D eigenvalue weighted by molar-refractivity contribution is 7.17. The van der Waals surface area contributed by atoms with Gasteiger partial charge in [-0.1, -0.05) is 41.7 Å². The lowest BCUT2D eigenvalue weighted by Gasteiger charge is -2.11. The average molecular weight is 427 g/mol. The highest BCUT2D eigenvalue weighted by Crippen LogP contribution is 2.34. The standard InChI is InChI=1S/C21H21N3O5S/c1-26-15-11-17(28-3)16(27-2)10-14(15)12-22-24-21-23-18(13-8-6-5-7-9-13)19(30-21)20(25)29-4/h5-12H,1-4H3,(H,23,24)/b22-12-. The van der Waals surface area contributed by atoms with Crippen LogP contribution in [-0.4, -0.2) is 45.6 Å². The van der Waals surface area contributed by atoms with Gasteiger partial charge in [0.05, 0.1) is 40.3 Å². The fourth-order valence-electron chi connectivity index (χ4n) is 2.70. The third-order valence-electron chi connectivity index (χ3n) is 4.14. The molecule has 1 N–H and O–H groups in total. The van der Waals surface area contributed by atoms with Crippen LogP contribution >= 0.6 is 11.3 Å². The lowest BCUT2D eigenvalue weighted by Crippen LogP contribution is -2.00. The van der Waals surface area contributed by atoms with Crippen LogP contribution in [0.2, 0.25) is 0 Å². The number of hydrogen-bond donors (Lipinski definition) is 1. The zero-order valence-electron chi connectivity index (χ0n) is 17.0. The largest absolute Gasteiger partial charge is 0.496 e. The number of hydrogen-bond acceptors (Lipinski definition) is 9. The van der Waals surface area contributed by atoms with E-state index in [0.29, 0.717) is 38.5 Å². The number of benzene rings is 2. The molecule has 0 aliphatic heterocycles. The van der Waals surface area contributed by atoms with Gasteiger partial charge in [-0.3, -0.25) is 5.43 Å². The lowest BCUT2D eigenvalue weighted by atomic mass is 10.1. The molecule has 0 bridgehead atoms. The molecule has 0 spiro atoms. The van der Waals surface area contributed by atoms with Gasteiger partial charge in [0.1, 0.15) is 10.6 Å². The van der Waals surface area contributed by atoms with E-state index in [4.69, 9.17) is 18.9 Å². The first-order chi connectivity index (χ1) is 14.6. The first kappa shape index (κ1) is 21.1. The molecular formula is C21H21N3O5S. The Morgan fingerprint density at radius 1 is 1.00 bits per heavy atom. The van der Waals surface area contributed by atoms with Gasteiger partial charge in [0.25, 0.3) is 0 Å². The van der Waals surface area contributed by atoms with Crippen LogP contribution in [0, 0.1) is 0 Å². The molecule has 9 heteroatoms. The molecule has 0 saturated heterocycles. The number of nitrogens with one attached hydrogen (secondary N) is 1. The molecule has 1 aromatic heterocycles. The van der Waals surface area contributed by atoms with Gasteiger partial charge in [0.2, 0.25) is 5.13 Å². The van der Waals surface area contributed by atoms with Gasteiger partial charge in [0.15, 0.2) is 11.5 Å². The second kappa shape index (κ2) is 9.75. The molecule has 8 nitrogen and oxygen atoms in total. The molecule has 0 fully saturated rings. The molecule has 0 aliphatic rings. The second-order valence-corrected chi connectivity index (χ2v) is 6.87. The monoisotopic (exact) mass is 427 g/mol. The van der Waals surface area contributed by atoms with E-state index in [1.807, 2.05) is 30.3 Å². The van der Waals surface area contributed by atoms with E-state index in [-0.39, 0.29) is 0 Å². The second-order valence-electron chi connectivity index (χ2n) is 5.87. The maximum atomic E-state index is 12.2. The van der Waals surface area contributed by atoms with Crippen LogP contribution in [-0.2, 0) is 4.74 Å². The van der Waals surface area contributed by atoms with Crippen molar-refractivity contribution in [3.8, 4) is 28.5 Å². The molecule has 0 radical (unpaired) electrons. The maximum Gasteiger partial charge on any atom is 0.350 e. The molecule has 3 rings (SSSR count). The number of thiazole rings is 1. The average Bonchev–Trinajstić information content (AvgIpc) is 3.22. The molecule has 0 atom stereocenters. The van der Waals surface area contributed by atoms with E-state index in [0.717, 1.165) is 16.9 Å². The normalized spacial score (nSPS) is 10.7. The van der Waals surface area contributed by atoms with E-state index in [1.165, 1.54) is 7.11 Å². The van der Waals surface area contributed by atoms with Crippen molar-refractivity contribution in [2.24, 2.45) is 5.10 Å². The highest BCUT2D eigenvalue weighted by Gasteiger charge is 2.20. The minimum atomic E-state index is -0.454. The first-order valence-corrected chi connectivity index (χ1v) is 9.66. The number of aromatic nitrogens is 1. The summed E-state index contributed by atoms with van der Waals surface area (Å²) in [7, 11) is 6.00. The molecule has 30 heavy (non-hydrogen) atoms. The summed E-state index contributed by atoms with van der Waals surface area (Å²) in [6.45, 7) is 0. The minimum absolute atomic E-state index is 0.394. The topological polar surface area (TPSA) is 91.3 Å². The number of carbonyl (C=O) groups excluding carboxylic acids is 1. The Bertz CT molecular complexity index is 1050. The third-order valence-corrected chi connectivity index (χ3v) is 5.08. The predicted octanol–water partition coefficient (Wildman–Crippen LogP) is 4.07. The highest BCUT2D eigenvalue weighted by atomic mass is 32.1. The van der Waals surface area contributed by atoms with Crippen molar-refractivity contribution in [2.45, 2.75) is 0 Å². The van der Waals surface area contributed by atoms with Crippen LogP contribution in [0.3, 0.4) is 0 Å². The summed E-state index contributed by atoms with van der Waals surface area (Å²) in [5, 5.41) is 4.68. The number of ether oxygens (including phenoxy) is 4. The quantitative estimate of drug-likeness (QED) is 0.329. The SMILES string of the molecule is COC(=O)c1sc(N/N=C\c2cc(OC)c(OC)cc2OC)nc1-c1ccccc1. The Morgan fingerprint density at radius 3 is 2.30 bits per heavy atom. The molecular weight excluding hydrogens is 406 g/mol. The summed E-state index contributed by atoms with van der Waals surface area (Å²) >= 11 is 1.16. The van der Waals surface area contributed by atoms with Crippen molar-refractivity contribution in [3.05, 3.63) is 52.9 Å². The zero-order valence-corrected chi connectivity index (χ0v) is 17.8. The van der Waals surface area contributed by atoms with E-state index in [2.05, 4.69) is 15.5 Å². The summed E-state index contributed by atoms with van der Waals surface area (Å²) in [5.41, 5.74) is 4.89. The van der Waals surface area contributed by atoms with Crippen molar-refractivity contribution in [2.75, 3.05) is 33.9 Å².